The second kappa shape index (κ2) is 4.43. The molecule has 1 heterocycles. The predicted molar refractivity (Wildman–Crippen MR) is 55.9 cm³/mol. The van der Waals surface area contributed by atoms with E-state index in [1.165, 1.54) is 12.8 Å². The topological polar surface area (TPSA) is 12.5 Å². The van der Waals surface area contributed by atoms with Gasteiger partial charge in [-0.2, -0.15) is 0 Å². The minimum Gasteiger partial charge on any atom is -0.380 e. The number of hydrogen-bond acceptors (Lipinski definition) is 2. The maximum atomic E-state index is 5.57. The first-order valence-corrected chi connectivity index (χ1v) is 5.32. The number of likely N-dealkylation sites (N-methyl/N-ethyl adjacent to an activating group) is 1. The lowest BCUT2D eigenvalue weighted by Crippen LogP contribution is -2.42. The molecule has 0 aliphatic carbocycles. The number of methoxy groups -OCH3 is 1. The Labute approximate surface area is 82.3 Å². The van der Waals surface area contributed by atoms with Gasteiger partial charge in [-0.1, -0.05) is 13.8 Å². The van der Waals surface area contributed by atoms with E-state index >= 15 is 0 Å². The van der Waals surface area contributed by atoms with Crippen LogP contribution in [0, 0.1) is 5.92 Å². The van der Waals surface area contributed by atoms with E-state index < -0.39 is 0 Å². The van der Waals surface area contributed by atoms with Gasteiger partial charge in [0.2, 0.25) is 0 Å². The minimum absolute atomic E-state index is 0.398. The first kappa shape index (κ1) is 11.0. The van der Waals surface area contributed by atoms with Gasteiger partial charge in [0.1, 0.15) is 0 Å². The maximum absolute atomic E-state index is 5.57. The van der Waals surface area contributed by atoms with Crippen molar-refractivity contribution in [3.63, 3.8) is 0 Å². The lowest BCUT2D eigenvalue weighted by Gasteiger charge is -2.32. The summed E-state index contributed by atoms with van der Waals surface area (Å²) in [5.41, 5.74) is 0. The zero-order valence-corrected chi connectivity index (χ0v) is 9.58. The van der Waals surface area contributed by atoms with Gasteiger partial charge in [-0.05, 0) is 32.7 Å². The summed E-state index contributed by atoms with van der Waals surface area (Å²) in [5.74, 6) is 0.614. The van der Waals surface area contributed by atoms with Crippen LogP contribution in [-0.2, 0) is 4.74 Å². The molecule has 1 rings (SSSR count). The van der Waals surface area contributed by atoms with Gasteiger partial charge in [-0.15, -0.1) is 0 Å². The summed E-state index contributed by atoms with van der Waals surface area (Å²) in [6.07, 6.45) is 3.00. The summed E-state index contributed by atoms with van der Waals surface area (Å²) in [6.45, 7) is 6.78. The van der Waals surface area contributed by atoms with Gasteiger partial charge in [0.15, 0.2) is 0 Å². The number of nitrogens with zero attached hydrogens (tertiary/aromatic N) is 1. The molecule has 1 aliphatic rings. The van der Waals surface area contributed by atoms with Crippen molar-refractivity contribution >= 4 is 0 Å². The van der Waals surface area contributed by atoms with Crippen molar-refractivity contribution in [3.8, 4) is 0 Å². The van der Waals surface area contributed by atoms with Crippen LogP contribution in [0.2, 0.25) is 0 Å². The number of ether oxygens (including phenoxy) is 1. The average molecular weight is 185 g/mol. The molecular weight excluding hydrogens is 162 g/mol. The van der Waals surface area contributed by atoms with E-state index in [0.29, 0.717) is 18.1 Å². The highest BCUT2D eigenvalue weighted by atomic mass is 16.5. The lowest BCUT2D eigenvalue weighted by atomic mass is 9.98. The van der Waals surface area contributed by atoms with E-state index in [1.54, 1.807) is 0 Å². The molecule has 0 spiro atoms. The summed E-state index contributed by atoms with van der Waals surface area (Å²) in [4.78, 5) is 2.47. The van der Waals surface area contributed by atoms with Crippen LogP contribution in [0.4, 0.5) is 0 Å². The Morgan fingerprint density at radius 2 is 1.92 bits per heavy atom. The first-order valence-electron chi connectivity index (χ1n) is 5.32. The third-order valence-electron chi connectivity index (χ3n) is 3.41. The molecule has 1 saturated heterocycles. The monoisotopic (exact) mass is 185 g/mol. The quantitative estimate of drug-likeness (QED) is 0.668. The van der Waals surface area contributed by atoms with Crippen molar-refractivity contribution in [2.45, 2.75) is 51.8 Å². The normalized spacial score (nSPS) is 32.8. The Hall–Kier alpha value is -0.0800. The fourth-order valence-electron chi connectivity index (χ4n) is 2.42. The van der Waals surface area contributed by atoms with Crippen LogP contribution in [0.3, 0.4) is 0 Å². The summed E-state index contributed by atoms with van der Waals surface area (Å²) < 4.78 is 5.57. The second-order valence-corrected chi connectivity index (χ2v) is 4.60. The zero-order valence-electron chi connectivity index (χ0n) is 9.58. The highest BCUT2D eigenvalue weighted by molar-refractivity contribution is 4.89. The molecule has 3 atom stereocenters. The number of rotatable bonds is 3. The van der Waals surface area contributed by atoms with Gasteiger partial charge in [0.05, 0.1) is 6.10 Å². The van der Waals surface area contributed by atoms with Gasteiger partial charge in [-0.3, -0.25) is 4.90 Å². The van der Waals surface area contributed by atoms with Gasteiger partial charge in [0.25, 0.3) is 0 Å². The first-order chi connectivity index (χ1) is 6.07. The van der Waals surface area contributed by atoms with Crippen molar-refractivity contribution < 1.29 is 4.74 Å². The molecule has 0 aromatic rings. The minimum atomic E-state index is 0.398. The molecule has 0 amide bonds. The van der Waals surface area contributed by atoms with E-state index in [9.17, 15) is 0 Å². The highest BCUT2D eigenvalue weighted by Crippen LogP contribution is 2.28. The predicted octanol–water partition coefficient (Wildman–Crippen LogP) is 2.14. The molecule has 0 aromatic carbocycles. The van der Waals surface area contributed by atoms with Crippen LogP contribution >= 0.6 is 0 Å². The van der Waals surface area contributed by atoms with Crippen LogP contribution in [0.25, 0.3) is 0 Å². The van der Waals surface area contributed by atoms with Gasteiger partial charge in [0, 0.05) is 19.2 Å². The Bertz CT molecular complexity index is 158. The third kappa shape index (κ3) is 2.23. The summed E-state index contributed by atoms with van der Waals surface area (Å²) in [7, 11) is 4.05. The van der Waals surface area contributed by atoms with Crippen molar-refractivity contribution in [1.29, 1.82) is 0 Å². The average Bonchev–Trinajstić information content (AvgIpc) is 2.37. The van der Waals surface area contributed by atoms with Crippen LogP contribution in [0.15, 0.2) is 0 Å². The summed E-state index contributed by atoms with van der Waals surface area (Å²) in [5, 5.41) is 0. The van der Waals surface area contributed by atoms with Crippen molar-refractivity contribution in [2.24, 2.45) is 5.92 Å². The molecule has 0 N–H and O–H groups in total. The maximum Gasteiger partial charge on any atom is 0.0749 e. The molecule has 2 heteroatoms. The van der Waals surface area contributed by atoms with Crippen LogP contribution in [-0.4, -0.2) is 37.2 Å². The molecular formula is C11H23NO. The molecule has 2 nitrogen and oxygen atoms in total. The lowest BCUT2D eigenvalue weighted by molar-refractivity contribution is 0.00236. The van der Waals surface area contributed by atoms with Crippen molar-refractivity contribution in [1.82, 2.24) is 4.90 Å². The number of likely N-dealkylation sites (tertiary alicyclic amines) is 1. The molecule has 0 bridgehead atoms. The number of hydrogen-bond donors (Lipinski definition) is 0. The van der Waals surface area contributed by atoms with E-state index in [2.05, 4.69) is 32.7 Å². The van der Waals surface area contributed by atoms with Crippen molar-refractivity contribution in [2.75, 3.05) is 14.2 Å². The smallest absolute Gasteiger partial charge is 0.0749 e. The molecule has 3 unspecified atom stereocenters. The van der Waals surface area contributed by atoms with E-state index in [0.717, 1.165) is 6.04 Å². The second-order valence-electron chi connectivity index (χ2n) is 4.60. The molecule has 13 heavy (non-hydrogen) atoms. The van der Waals surface area contributed by atoms with Gasteiger partial charge in [-0.25, -0.2) is 0 Å². The van der Waals surface area contributed by atoms with E-state index in [1.807, 2.05) is 7.11 Å². The SMILES string of the molecule is COC(C(C)C)C1CCC(C)N1C. The van der Waals surface area contributed by atoms with Crippen LogP contribution in [0.5, 0.6) is 0 Å². The Morgan fingerprint density at radius 3 is 2.23 bits per heavy atom. The molecule has 0 radical (unpaired) electrons. The summed E-state index contributed by atoms with van der Waals surface area (Å²) in [6, 6.07) is 1.35. The van der Waals surface area contributed by atoms with Crippen molar-refractivity contribution in [3.05, 3.63) is 0 Å². The molecule has 0 saturated carbocycles. The fraction of sp³-hybridized carbons (Fsp3) is 1.00. The van der Waals surface area contributed by atoms with E-state index in [-0.39, 0.29) is 0 Å². The summed E-state index contributed by atoms with van der Waals surface area (Å²) >= 11 is 0. The molecule has 78 valence electrons. The van der Waals surface area contributed by atoms with Crippen LogP contribution in [0.1, 0.15) is 33.6 Å². The molecule has 0 aromatic heterocycles. The molecule has 1 aliphatic heterocycles. The highest BCUT2D eigenvalue weighted by Gasteiger charge is 2.34. The third-order valence-corrected chi connectivity index (χ3v) is 3.41. The largest absolute Gasteiger partial charge is 0.380 e. The van der Waals surface area contributed by atoms with Crippen LogP contribution < -0.4 is 0 Å². The zero-order chi connectivity index (χ0) is 10.0. The van der Waals surface area contributed by atoms with E-state index in [4.69, 9.17) is 4.74 Å². The Kier molecular flexibility index (Phi) is 3.74. The van der Waals surface area contributed by atoms with Gasteiger partial charge >= 0.3 is 0 Å². The standard InChI is InChI=1S/C11H23NO/c1-8(2)11(13-5)10-7-6-9(3)12(10)4/h8-11H,6-7H2,1-5H3. The van der Waals surface area contributed by atoms with Gasteiger partial charge < -0.3 is 4.74 Å². The Balaban J connectivity index is 2.59. The molecule has 1 fully saturated rings. The Morgan fingerprint density at radius 1 is 1.31 bits per heavy atom. The fourth-order valence-corrected chi connectivity index (χ4v) is 2.42.